The first kappa shape index (κ1) is 17.5. The van der Waals surface area contributed by atoms with Gasteiger partial charge in [0.2, 0.25) is 5.13 Å². The number of nitrogens with zero attached hydrogens (tertiary/aromatic N) is 2. The molecule has 0 fully saturated rings. The standard InChI is InChI=1S/C21H16ClN3OS/c1-26-19-9-6-16-10-14(2-3-17(16)11-19)12-23-25-21-24-20(13-27-21)15-4-7-18(22)8-5-15/h2-13H,1H3,(H,24,25)/b23-12+. The summed E-state index contributed by atoms with van der Waals surface area (Å²) in [5, 5.41) is 10.0. The molecule has 1 heterocycles. The van der Waals surface area contributed by atoms with Gasteiger partial charge in [-0.1, -0.05) is 41.9 Å². The first-order chi connectivity index (χ1) is 13.2. The molecular weight excluding hydrogens is 378 g/mol. The van der Waals surface area contributed by atoms with E-state index in [-0.39, 0.29) is 0 Å². The zero-order valence-corrected chi connectivity index (χ0v) is 16.1. The highest BCUT2D eigenvalue weighted by atomic mass is 35.5. The number of benzene rings is 3. The average molecular weight is 394 g/mol. The van der Waals surface area contributed by atoms with Gasteiger partial charge in [0.15, 0.2) is 0 Å². The summed E-state index contributed by atoms with van der Waals surface area (Å²) in [5.41, 5.74) is 5.92. The molecule has 0 atom stereocenters. The molecule has 1 N–H and O–H groups in total. The third kappa shape index (κ3) is 4.10. The van der Waals surface area contributed by atoms with Crippen molar-refractivity contribution >= 4 is 45.1 Å². The van der Waals surface area contributed by atoms with E-state index in [1.165, 1.54) is 11.3 Å². The fourth-order valence-corrected chi connectivity index (χ4v) is 3.48. The van der Waals surface area contributed by atoms with Gasteiger partial charge in [0, 0.05) is 16.0 Å². The van der Waals surface area contributed by atoms with Crippen LogP contribution < -0.4 is 10.2 Å². The van der Waals surface area contributed by atoms with Gasteiger partial charge in [0.1, 0.15) is 5.75 Å². The summed E-state index contributed by atoms with van der Waals surface area (Å²) in [4.78, 5) is 4.55. The lowest BCUT2D eigenvalue weighted by Gasteiger charge is -2.03. The lowest BCUT2D eigenvalue weighted by molar-refractivity contribution is 0.415. The Morgan fingerprint density at radius 1 is 1.04 bits per heavy atom. The molecular formula is C21H16ClN3OS. The third-order valence-corrected chi connectivity index (χ3v) is 5.09. The first-order valence-electron chi connectivity index (χ1n) is 8.29. The second-order valence-electron chi connectivity index (χ2n) is 5.89. The summed E-state index contributed by atoms with van der Waals surface area (Å²) in [7, 11) is 1.67. The fourth-order valence-electron chi connectivity index (χ4n) is 2.69. The minimum absolute atomic E-state index is 0.714. The van der Waals surface area contributed by atoms with Crippen molar-refractivity contribution in [2.45, 2.75) is 0 Å². The predicted molar refractivity (Wildman–Crippen MR) is 114 cm³/mol. The van der Waals surface area contributed by atoms with Crippen LogP contribution in [0.2, 0.25) is 5.02 Å². The number of hydrazone groups is 1. The lowest BCUT2D eigenvalue weighted by Crippen LogP contribution is -1.90. The number of anilines is 1. The molecule has 134 valence electrons. The topological polar surface area (TPSA) is 46.5 Å². The van der Waals surface area contributed by atoms with Crippen LogP contribution in [0.15, 0.2) is 71.1 Å². The molecule has 1 aromatic heterocycles. The van der Waals surface area contributed by atoms with E-state index in [2.05, 4.69) is 27.6 Å². The number of hydrogen-bond acceptors (Lipinski definition) is 5. The first-order valence-corrected chi connectivity index (χ1v) is 9.55. The van der Waals surface area contributed by atoms with Crippen LogP contribution >= 0.6 is 22.9 Å². The minimum atomic E-state index is 0.714. The van der Waals surface area contributed by atoms with Crippen molar-refractivity contribution in [1.29, 1.82) is 0 Å². The molecule has 27 heavy (non-hydrogen) atoms. The van der Waals surface area contributed by atoms with E-state index in [1.807, 2.05) is 53.9 Å². The maximum atomic E-state index is 5.93. The van der Waals surface area contributed by atoms with E-state index in [4.69, 9.17) is 16.3 Å². The van der Waals surface area contributed by atoms with E-state index in [1.54, 1.807) is 13.3 Å². The van der Waals surface area contributed by atoms with Gasteiger partial charge in [-0.3, -0.25) is 5.43 Å². The van der Waals surface area contributed by atoms with Gasteiger partial charge in [0.25, 0.3) is 0 Å². The molecule has 4 aromatic rings. The summed E-state index contributed by atoms with van der Waals surface area (Å²) in [6.07, 6.45) is 1.78. The van der Waals surface area contributed by atoms with Crippen LogP contribution in [0.5, 0.6) is 5.75 Å². The lowest BCUT2D eigenvalue weighted by atomic mass is 10.1. The van der Waals surface area contributed by atoms with E-state index in [9.17, 15) is 0 Å². The van der Waals surface area contributed by atoms with Crippen LogP contribution in [-0.4, -0.2) is 18.3 Å². The fraction of sp³-hybridized carbons (Fsp3) is 0.0476. The van der Waals surface area contributed by atoms with Crippen molar-refractivity contribution in [2.24, 2.45) is 5.10 Å². The Labute approximate surface area is 166 Å². The highest BCUT2D eigenvalue weighted by Gasteiger charge is 2.04. The Morgan fingerprint density at radius 2 is 1.81 bits per heavy atom. The molecule has 0 saturated heterocycles. The predicted octanol–water partition coefficient (Wildman–Crippen LogP) is 6.07. The van der Waals surface area contributed by atoms with Gasteiger partial charge in [-0.25, -0.2) is 4.98 Å². The van der Waals surface area contributed by atoms with Crippen LogP contribution in [0.25, 0.3) is 22.0 Å². The quantitative estimate of drug-likeness (QED) is 0.330. The number of hydrogen-bond donors (Lipinski definition) is 1. The van der Waals surface area contributed by atoms with Crippen molar-refractivity contribution in [3.05, 3.63) is 76.6 Å². The Kier molecular flexibility index (Phi) is 5.05. The highest BCUT2D eigenvalue weighted by Crippen LogP contribution is 2.26. The van der Waals surface area contributed by atoms with Crippen LogP contribution in [0, 0.1) is 0 Å². The van der Waals surface area contributed by atoms with E-state index < -0.39 is 0 Å². The monoisotopic (exact) mass is 393 g/mol. The normalized spacial score (nSPS) is 11.2. The van der Waals surface area contributed by atoms with Gasteiger partial charge in [-0.05, 0) is 46.7 Å². The largest absolute Gasteiger partial charge is 0.497 e. The number of thiazole rings is 1. The Morgan fingerprint density at radius 3 is 2.63 bits per heavy atom. The maximum Gasteiger partial charge on any atom is 0.203 e. The molecule has 0 unspecified atom stereocenters. The van der Waals surface area contributed by atoms with Gasteiger partial charge < -0.3 is 4.74 Å². The Balaban J connectivity index is 1.46. The Bertz CT molecular complexity index is 1110. The smallest absolute Gasteiger partial charge is 0.203 e. The summed E-state index contributed by atoms with van der Waals surface area (Å²) in [5.74, 6) is 0.853. The van der Waals surface area contributed by atoms with Gasteiger partial charge in [-0.15, -0.1) is 11.3 Å². The van der Waals surface area contributed by atoms with Gasteiger partial charge in [0.05, 0.1) is 19.0 Å². The molecule has 4 nitrogen and oxygen atoms in total. The average Bonchev–Trinajstić information content (AvgIpc) is 3.17. The van der Waals surface area contributed by atoms with Crippen LogP contribution in [-0.2, 0) is 0 Å². The summed E-state index contributed by atoms with van der Waals surface area (Å²) < 4.78 is 5.26. The SMILES string of the molecule is COc1ccc2cc(/C=N/Nc3nc(-c4ccc(Cl)cc4)cs3)ccc2c1. The second kappa shape index (κ2) is 7.78. The maximum absolute atomic E-state index is 5.93. The zero-order valence-electron chi connectivity index (χ0n) is 14.5. The summed E-state index contributed by atoms with van der Waals surface area (Å²) >= 11 is 7.43. The molecule has 0 radical (unpaired) electrons. The molecule has 4 rings (SSSR count). The number of aromatic nitrogens is 1. The molecule has 6 heteroatoms. The number of rotatable bonds is 5. The molecule has 0 aliphatic heterocycles. The van der Waals surface area contributed by atoms with Gasteiger partial charge >= 0.3 is 0 Å². The zero-order chi connectivity index (χ0) is 18.6. The van der Waals surface area contributed by atoms with Gasteiger partial charge in [-0.2, -0.15) is 5.10 Å². The van der Waals surface area contributed by atoms with Crippen molar-refractivity contribution in [2.75, 3.05) is 12.5 Å². The molecule has 0 aliphatic carbocycles. The minimum Gasteiger partial charge on any atom is -0.497 e. The van der Waals surface area contributed by atoms with Crippen molar-refractivity contribution in [1.82, 2.24) is 4.98 Å². The molecule has 0 amide bonds. The van der Waals surface area contributed by atoms with Crippen LogP contribution in [0.3, 0.4) is 0 Å². The molecule has 0 bridgehead atoms. The highest BCUT2D eigenvalue weighted by molar-refractivity contribution is 7.14. The van der Waals surface area contributed by atoms with Crippen molar-refractivity contribution in [3.63, 3.8) is 0 Å². The number of ether oxygens (including phenoxy) is 1. The number of fused-ring (bicyclic) bond motifs is 1. The number of methoxy groups -OCH3 is 1. The second-order valence-corrected chi connectivity index (χ2v) is 7.18. The van der Waals surface area contributed by atoms with Crippen LogP contribution in [0.1, 0.15) is 5.56 Å². The van der Waals surface area contributed by atoms with Crippen LogP contribution in [0.4, 0.5) is 5.13 Å². The number of halogens is 1. The van der Waals surface area contributed by atoms with E-state index in [0.29, 0.717) is 5.02 Å². The third-order valence-electron chi connectivity index (χ3n) is 4.09. The molecule has 3 aromatic carbocycles. The molecule has 0 aliphatic rings. The van der Waals surface area contributed by atoms with Crippen molar-refractivity contribution < 1.29 is 4.74 Å². The Hall–Kier alpha value is -2.89. The summed E-state index contributed by atoms with van der Waals surface area (Å²) in [6.45, 7) is 0. The van der Waals surface area contributed by atoms with E-state index >= 15 is 0 Å². The molecule has 0 spiro atoms. The number of nitrogens with one attached hydrogen (secondary N) is 1. The van der Waals surface area contributed by atoms with Crippen molar-refractivity contribution in [3.8, 4) is 17.0 Å². The summed E-state index contributed by atoms with van der Waals surface area (Å²) in [6, 6.07) is 19.8. The van der Waals surface area contributed by atoms with E-state index in [0.717, 1.165) is 38.5 Å². The molecule has 0 saturated carbocycles.